The van der Waals surface area contributed by atoms with Crippen molar-refractivity contribution in [2.24, 2.45) is 0 Å². The van der Waals surface area contributed by atoms with E-state index in [4.69, 9.17) is 0 Å². The normalized spacial score (nSPS) is 13.2. The number of aliphatic hydroxyl groups excluding tert-OH is 1. The summed E-state index contributed by atoms with van der Waals surface area (Å²) in [4.78, 5) is 4.08. The highest BCUT2D eigenvalue weighted by Gasteiger charge is 2.34. The van der Waals surface area contributed by atoms with Crippen LogP contribution < -0.4 is 0 Å². The lowest BCUT2D eigenvalue weighted by molar-refractivity contribution is -0.140. The minimum Gasteiger partial charge on any atom is -0.388 e. The van der Waals surface area contributed by atoms with Gasteiger partial charge in [0.2, 0.25) is 0 Å². The van der Waals surface area contributed by atoms with E-state index < -0.39 is 23.7 Å². The summed E-state index contributed by atoms with van der Waals surface area (Å²) in [6, 6.07) is 6.02. The second kappa shape index (κ2) is 5.81. The molecule has 6 heteroatoms. The van der Waals surface area contributed by atoms with Crippen molar-refractivity contribution in [1.29, 1.82) is 0 Å². The number of hydrogen-bond acceptors (Lipinski definition) is 2. The van der Waals surface area contributed by atoms with E-state index in [0.717, 1.165) is 11.6 Å². The van der Waals surface area contributed by atoms with E-state index in [9.17, 15) is 22.7 Å². The fourth-order valence-electron chi connectivity index (χ4n) is 2.00. The van der Waals surface area contributed by atoms with Crippen LogP contribution in [0, 0.1) is 12.7 Å². The molecule has 0 amide bonds. The summed E-state index contributed by atoms with van der Waals surface area (Å²) in [5, 5.41) is 10.0. The number of aromatic nitrogens is 1. The van der Waals surface area contributed by atoms with Gasteiger partial charge < -0.3 is 5.11 Å². The van der Waals surface area contributed by atoms with Crippen LogP contribution in [-0.2, 0) is 12.6 Å². The van der Waals surface area contributed by atoms with Crippen LogP contribution in [-0.4, -0.2) is 10.1 Å². The van der Waals surface area contributed by atoms with Gasteiger partial charge in [-0.2, -0.15) is 13.2 Å². The Morgan fingerprint density at radius 3 is 2.57 bits per heavy atom. The molecule has 0 fully saturated rings. The maximum absolute atomic E-state index is 13.2. The summed E-state index contributed by atoms with van der Waals surface area (Å²) in [6.45, 7) is 1.79. The van der Waals surface area contributed by atoms with Crippen molar-refractivity contribution < 1.29 is 22.7 Å². The number of aryl methyl sites for hydroxylation is 1. The molecule has 1 aromatic carbocycles. The Morgan fingerprint density at radius 2 is 1.95 bits per heavy atom. The highest BCUT2D eigenvalue weighted by Crippen LogP contribution is 2.33. The summed E-state index contributed by atoms with van der Waals surface area (Å²) in [5.74, 6) is -1.35. The fraction of sp³-hybridized carbons (Fsp3) is 0.267. The van der Waals surface area contributed by atoms with Gasteiger partial charge >= 0.3 is 6.18 Å². The zero-order valence-electron chi connectivity index (χ0n) is 11.2. The first kappa shape index (κ1) is 15.4. The van der Waals surface area contributed by atoms with Gasteiger partial charge in [-0.05, 0) is 36.2 Å². The predicted octanol–water partition coefficient (Wildman–Crippen LogP) is 3.82. The van der Waals surface area contributed by atoms with E-state index >= 15 is 0 Å². The van der Waals surface area contributed by atoms with Gasteiger partial charge in [-0.15, -0.1) is 0 Å². The molecule has 2 aromatic rings. The van der Waals surface area contributed by atoms with Crippen LogP contribution in [0.15, 0.2) is 36.5 Å². The molecule has 2 rings (SSSR count). The molecule has 1 heterocycles. The Morgan fingerprint density at radius 1 is 1.24 bits per heavy atom. The Balaban J connectivity index is 2.28. The van der Waals surface area contributed by atoms with Crippen LogP contribution in [0.2, 0.25) is 0 Å². The maximum atomic E-state index is 13.2. The van der Waals surface area contributed by atoms with Gasteiger partial charge in [-0.1, -0.05) is 12.1 Å². The van der Waals surface area contributed by atoms with Gasteiger partial charge in [0.25, 0.3) is 0 Å². The van der Waals surface area contributed by atoms with Crippen LogP contribution in [0.1, 0.15) is 28.5 Å². The standard InChI is InChI=1S/C15H13F4NO/c1-9-3-2-6-20-13(9)8-14(21)10-4-5-12(16)11(7-10)15(17,18)19/h2-7,14,21H,8H2,1H3. The number of rotatable bonds is 3. The first-order valence-corrected chi connectivity index (χ1v) is 6.24. The average Bonchev–Trinajstić information content (AvgIpc) is 2.40. The van der Waals surface area contributed by atoms with Gasteiger partial charge in [0.1, 0.15) is 5.82 Å². The Kier molecular flexibility index (Phi) is 4.27. The molecule has 1 atom stereocenters. The molecule has 0 aliphatic heterocycles. The van der Waals surface area contributed by atoms with Crippen LogP contribution in [0.3, 0.4) is 0 Å². The van der Waals surface area contributed by atoms with E-state index in [1.807, 2.05) is 0 Å². The Hall–Kier alpha value is -1.95. The summed E-state index contributed by atoms with van der Waals surface area (Å²) >= 11 is 0. The number of benzene rings is 1. The third-order valence-corrected chi connectivity index (χ3v) is 3.19. The molecule has 0 saturated heterocycles. The van der Waals surface area contributed by atoms with Gasteiger partial charge in [-0.25, -0.2) is 4.39 Å². The number of nitrogens with zero attached hydrogens (tertiary/aromatic N) is 1. The largest absolute Gasteiger partial charge is 0.419 e. The zero-order valence-corrected chi connectivity index (χ0v) is 11.2. The average molecular weight is 299 g/mol. The Bertz CT molecular complexity index is 640. The van der Waals surface area contributed by atoms with Gasteiger partial charge in [0.15, 0.2) is 0 Å². The quantitative estimate of drug-likeness (QED) is 0.874. The zero-order chi connectivity index (χ0) is 15.6. The smallest absolute Gasteiger partial charge is 0.388 e. The second-order valence-electron chi connectivity index (χ2n) is 4.72. The number of hydrogen-bond donors (Lipinski definition) is 1. The topological polar surface area (TPSA) is 33.1 Å². The van der Waals surface area contributed by atoms with Gasteiger partial charge in [-0.3, -0.25) is 4.98 Å². The molecule has 1 N–H and O–H groups in total. The summed E-state index contributed by atoms with van der Waals surface area (Å²) < 4.78 is 51.2. The molecule has 0 saturated carbocycles. The van der Waals surface area contributed by atoms with E-state index in [1.165, 1.54) is 0 Å². The lowest BCUT2D eigenvalue weighted by Crippen LogP contribution is -2.11. The van der Waals surface area contributed by atoms with Crippen LogP contribution >= 0.6 is 0 Å². The minimum atomic E-state index is -4.79. The fourth-order valence-corrected chi connectivity index (χ4v) is 2.00. The van der Waals surface area contributed by atoms with E-state index in [-0.39, 0.29) is 12.0 Å². The van der Waals surface area contributed by atoms with Crippen LogP contribution in [0.25, 0.3) is 0 Å². The predicted molar refractivity (Wildman–Crippen MR) is 69.0 cm³/mol. The molecule has 0 aliphatic carbocycles. The molecule has 112 valence electrons. The molecule has 1 aromatic heterocycles. The molecule has 2 nitrogen and oxygen atoms in total. The third-order valence-electron chi connectivity index (χ3n) is 3.19. The molecule has 21 heavy (non-hydrogen) atoms. The SMILES string of the molecule is Cc1cccnc1CC(O)c1ccc(F)c(C(F)(F)F)c1. The molecule has 0 radical (unpaired) electrons. The lowest BCUT2D eigenvalue weighted by atomic mass is 10.00. The first-order valence-electron chi connectivity index (χ1n) is 6.24. The molecule has 0 aliphatic rings. The first-order chi connectivity index (χ1) is 9.79. The number of aliphatic hydroxyl groups is 1. The lowest BCUT2D eigenvalue weighted by Gasteiger charge is -2.15. The number of halogens is 4. The third kappa shape index (κ3) is 3.58. The van der Waals surface area contributed by atoms with Crippen molar-refractivity contribution in [3.05, 3.63) is 64.7 Å². The van der Waals surface area contributed by atoms with E-state index in [0.29, 0.717) is 17.8 Å². The van der Waals surface area contributed by atoms with E-state index in [2.05, 4.69) is 4.98 Å². The Labute approximate surface area is 119 Å². The van der Waals surface area contributed by atoms with Crippen molar-refractivity contribution >= 4 is 0 Å². The number of alkyl halides is 3. The van der Waals surface area contributed by atoms with Crippen molar-refractivity contribution in [2.45, 2.75) is 25.6 Å². The van der Waals surface area contributed by atoms with Gasteiger partial charge in [0, 0.05) is 18.3 Å². The highest BCUT2D eigenvalue weighted by atomic mass is 19.4. The molecule has 0 spiro atoms. The minimum absolute atomic E-state index is 0.00813. The molecular formula is C15H13F4NO. The van der Waals surface area contributed by atoms with Crippen molar-refractivity contribution in [3.8, 4) is 0 Å². The molecule has 0 bridgehead atoms. The molecule has 1 unspecified atom stereocenters. The molecular weight excluding hydrogens is 286 g/mol. The number of pyridine rings is 1. The maximum Gasteiger partial charge on any atom is 0.419 e. The van der Waals surface area contributed by atoms with Gasteiger partial charge in [0.05, 0.1) is 11.7 Å². The van der Waals surface area contributed by atoms with E-state index in [1.54, 1.807) is 25.3 Å². The van der Waals surface area contributed by atoms with Crippen molar-refractivity contribution in [3.63, 3.8) is 0 Å². The summed E-state index contributed by atoms with van der Waals surface area (Å²) in [6.07, 6.45) is -4.36. The van der Waals surface area contributed by atoms with Crippen LogP contribution in [0.5, 0.6) is 0 Å². The highest BCUT2D eigenvalue weighted by molar-refractivity contribution is 5.30. The summed E-state index contributed by atoms with van der Waals surface area (Å²) in [7, 11) is 0. The second-order valence-corrected chi connectivity index (χ2v) is 4.72. The van der Waals surface area contributed by atoms with Crippen molar-refractivity contribution in [1.82, 2.24) is 4.98 Å². The monoisotopic (exact) mass is 299 g/mol. The summed E-state index contributed by atoms with van der Waals surface area (Å²) in [5.41, 5.74) is 0.0446. The van der Waals surface area contributed by atoms with Crippen molar-refractivity contribution in [2.75, 3.05) is 0 Å². The van der Waals surface area contributed by atoms with Crippen LogP contribution in [0.4, 0.5) is 17.6 Å².